The summed E-state index contributed by atoms with van der Waals surface area (Å²) in [6, 6.07) is 5.02. The minimum Gasteiger partial charge on any atom is -0.480 e. The van der Waals surface area contributed by atoms with E-state index in [2.05, 4.69) is 19.7 Å². The van der Waals surface area contributed by atoms with Crippen molar-refractivity contribution < 1.29 is 18.3 Å². The minimum absolute atomic E-state index is 0.103. The van der Waals surface area contributed by atoms with Crippen molar-refractivity contribution >= 4 is 32.7 Å². The van der Waals surface area contributed by atoms with Gasteiger partial charge >= 0.3 is 0 Å². The van der Waals surface area contributed by atoms with Crippen LogP contribution < -0.4 is 15.0 Å². The highest BCUT2D eigenvalue weighted by Crippen LogP contribution is 2.32. The number of aliphatic hydroxyl groups is 1. The number of aliphatic hydroxyl groups excluding tert-OH is 1. The van der Waals surface area contributed by atoms with Crippen molar-refractivity contribution in [2.45, 2.75) is 24.5 Å². The first-order valence-corrected chi connectivity index (χ1v) is 12.2. The average molecular weight is 488 g/mol. The van der Waals surface area contributed by atoms with E-state index < -0.39 is 10.0 Å². The standard InChI is InChI=1S/C21H21N5O5S2/c1-12-21(32-13(2)24-12)33(29,30)25-17-8-16(10-23-19(17)31-3)15-4-5-18-22-9-14(6-7-27)20(28)26(18)11-15/h4-5,8-11,25,27H,6-7H2,1-3H3. The number of thiazole rings is 1. The van der Waals surface area contributed by atoms with E-state index in [1.165, 1.54) is 23.9 Å². The van der Waals surface area contributed by atoms with Crippen molar-refractivity contribution in [3.8, 4) is 17.0 Å². The summed E-state index contributed by atoms with van der Waals surface area (Å²) >= 11 is 1.08. The molecule has 12 heteroatoms. The summed E-state index contributed by atoms with van der Waals surface area (Å²) < 4.78 is 35.2. The van der Waals surface area contributed by atoms with Crippen molar-refractivity contribution in [1.29, 1.82) is 0 Å². The SMILES string of the molecule is COc1ncc(-c2ccc3ncc(CCO)c(=O)n3c2)cc1NS(=O)(=O)c1sc(C)nc1C. The zero-order valence-corrected chi connectivity index (χ0v) is 19.7. The highest BCUT2D eigenvalue weighted by Gasteiger charge is 2.23. The summed E-state index contributed by atoms with van der Waals surface area (Å²) in [5.41, 5.74) is 2.30. The van der Waals surface area contributed by atoms with Gasteiger partial charge in [0, 0.05) is 48.3 Å². The van der Waals surface area contributed by atoms with Crippen molar-refractivity contribution in [2.75, 3.05) is 18.4 Å². The highest BCUT2D eigenvalue weighted by atomic mass is 32.2. The van der Waals surface area contributed by atoms with Gasteiger partial charge in [-0.15, -0.1) is 11.3 Å². The largest absolute Gasteiger partial charge is 0.480 e. The third-order valence-electron chi connectivity index (χ3n) is 4.88. The Labute approximate surface area is 193 Å². The van der Waals surface area contributed by atoms with Gasteiger partial charge in [-0.1, -0.05) is 0 Å². The van der Waals surface area contributed by atoms with Crippen LogP contribution in [0.25, 0.3) is 16.8 Å². The third-order valence-corrected chi connectivity index (χ3v) is 7.93. The molecule has 10 nitrogen and oxygen atoms in total. The lowest BCUT2D eigenvalue weighted by Crippen LogP contribution is -2.20. The molecule has 0 aliphatic carbocycles. The molecule has 0 spiro atoms. The van der Waals surface area contributed by atoms with E-state index in [-0.39, 0.29) is 34.4 Å². The second kappa shape index (κ2) is 8.89. The fourth-order valence-electron chi connectivity index (χ4n) is 3.38. The van der Waals surface area contributed by atoms with Crippen LogP contribution >= 0.6 is 11.3 Å². The van der Waals surface area contributed by atoms with Crippen LogP contribution in [0.5, 0.6) is 5.88 Å². The van der Waals surface area contributed by atoms with Gasteiger partial charge in [-0.05, 0) is 32.0 Å². The summed E-state index contributed by atoms with van der Waals surface area (Å²) in [6.45, 7) is 3.21. The second-order valence-corrected chi connectivity index (χ2v) is 10.3. The summed E-state index contributed by atoms with van der Waals surface area (Å²) in [5, 5.41) is 9.81. The number of aromatic nitrogens is 4. The zero-order chi connectivity index (χ0) is 23.8. The first kappa shape index (κ1) is 22.8. The summed E-state index contributed by atoms with van der Waals surface area (Å²) in [7, 11) is -2.52. The lowest BCUT2D eigenvalue weighted by molar-refractivity contribution is 0.299. The van der Waals surface area contributed by atoms with Crippen LogP contribution in [-0.2, 0) is 16.4 Å². The fourth-order valence-corrected chi connectivity index (χ4v) is 5.91. The van der Waals surface area contributed by atoms with Gasteiger partial charge in [0.15, 0.2) is 4.21 Å². The molecule has 0 aromatic carbocycles. The van der Waals surface area contributed by atoms with E-state index in [0.29, 0.717) is 33.0 Å². The van der Waals surface area contributed by atoms with Crippen LogP contribution in [0, 0.1) is 13.8 Å². The van der Waals surface area contributed by atoms with E-state index in [9.17, 15) is 13.2 Å². The maximum Gasteiger partial charge on any atom is 0.273 e. The lowest BCUT2D eigenvalue weighted by atomic mass is 10.1. The van der Waals surface area contributed by atoms with Gasteiger partial charge in [-0.2, -0.15) is 0 Å². The quantitative estimate of drug-likeness (QED) is 0.405. The fraction of sp³-hybridized carbons (Fsp3) is 0.238. The number of hydrogen-bond donors (Lipinski definition) is 2. The van der Waals surface area contributed by atoms with Crippen molar-refractivity contribution in [3.63, 3.8) is 0 Å². The topological polar surface area (TPSA) is 136 Å². The Bertz CT molecular complexity index is 1510. The second-order valence-electron chi connectivity index (χ2n) is 7.20. The molecule has 0 unspecified atom stereocenters. The summed E-state index contributed by atoms with van der Waals surface area (Å²) in [6.07, 6.45) is 4.78. The van der Waals surface area contributed by atoms with Gasteiger partial charge < -0.3 is 9.84 Å². The van der Waals surface area contributed by atoms with Gasteiger partial charge in [-0.3, -0.25) is 13.9 Å². The predicted molar refractivity (Wildman–Crippen MR) is 124 cm³/mol. The molecule has 0 aliphatic rings. The number of methoxy groups -OCH3 is 1. The number of nitrogens with zero attached hydrogens (tertiary/aromatic N) is 4. The minimum atomic E-state index is -3.91. The van der Waals surface area contributed by atoms with Crippen LogP contribution in [0.15, 0.2) is 45.8 Å². The average Bonchev–Trinajstić information content (AvgIpc) is 3.14. The zero-order valence-electron chi connectivity index (χ0n) is 18.1. The van der Waals surface area contributed by atoms with Crippen molar-refractivity contribution in [3.05, 3.63) is 63.4 Å². The molecule has 0 atom stereocenters. The number of hydrogen-bond acceptors (Lipinski definition) is 9. The third kappa shape index (κ3) is 4.45. The van der Waals surface area contributed by atoms with E-state index in [1.54, 1.807) is 38.2 Å². The van der Waals surface area contributed by atoms with Gasteiger partial charge in [0.1, 0.15) is 11.3 Å². The van der Waals surface area contributed by atoms with Crippen molar-refractivity contribution in [1.82, 2.24) is 19.4 Å². The summed E-state index contributed by atoms with van der Waals surface area (Å²) in [4.78, 5) is 25.4. The van der Waals surface area contributed by atoms with Crippen LogP contribution in [0.4, 0.5) is 5.69 Å². The van der Waals surface area contributed by atoms with Crippen molar-refractivity contribution in [2.24, 2.45) is 0 Å². The van der Waals surface area contributed by atoms with Crippen LogP contribution in [-0.4, -0.2) is 46.6 Å². The van der Waals surface area contributed by atoms with E-state index in [4.69, 9.17) is 9.84 Å². The molecule has 0 saturated carbocycles. The molecule has 4 aromatic rings. The van der Waals surface area contributed by atoms with Gasteiger partial charge in [0.05, 0.1) is 17.8 Å². The molecule has 0 amide bonds. The monoisotopic (exact) mass is 487 g/mol. The number of pyridine rings is 2. The number of rotatable bonds is 7. The Kier molecular flexibility index (Phi) is 6.15. The normalized spacial score (nSPS) is 11.6. The van der Waals surface area contributed by atoms with Gasteiger partial charge in [0.25, 0.3) is 15.6 Å². The van der Waals surface area contributed by atoms with E-state index >= 15 is 0 Å². The molecule has 4 rings (SSSR count). The first-order chi connectivity index (χ1) is 15.7. The number of ether oxygens (including phenoxy) is 1. The number of aryl methyl sites for hydroxylation is 2. The maximum atomic E-state index is 13.0. The number of fused-ring (bicyclic) bond motifs is 1. The van der Waals surface area contributed by atoms with E-state index in [1.807, 2.05) is 0 Å². The molecule has 172 valence electrons. The molecular formula is C21H21N5O5S2. The highest BCUT2D eigenvalue weighted by molar-refractivity contribution is 7.94. The molecule has 4 heterocycles. The Morgan fingerprint density at radius 3 is 2.64 bits per heavy atom. The predicted octanol–water partition coefficient (Wildman–Crippen LogP) is 2.17. The maximum absolute atomic E-state index is 13.0. The Balaban J connectivity index is 1.78. The Morgan fingerprint density at radius 2 is 1.97 bits per heavy atom. The number of sulfonamides is 1. The molecular weight excluding hydrogens is 466 g/mol. The van der Waals surface area contributed by atoms with Gasteiger partial charge in [-0.25, -0.2) is 23.4 Å². The molecule has 2 N–H and O–H groups in total. The van der Waals surface area contributed by atoms with Crippen LogP contribution in [0.3, 0.4) is 0 Å². The number of anilines is 1. The Morgan fingerprint density at radius 1 is 1.18 bits per heavy atom. The van der Waals surface area contributed by atoms with Gasteiger partial charge in [0.2, 0.25) is 5.88 Å². The summed E-state index contributed by atoms with van der Waals surface area (Å²) in [5.74, 6) is 0.103. The molecule has 33 heavy (non-hydrogen) atoms. The molecule has 0 saturated heterocycles. The molecule has 0 aliphatic heterocycles. The Hall–Kier alpha value is -3.35. The number of nitrogens with one attached hydrogen (secondary N) is 1. The molecule has 4 aromatic heterocycles. The van der Waals surface area contributed by atoms with E-state index in [0.717, 1.165) is 11.3 Å². The molecule has 0 bridgehead atoms. The van der Waals surface area contributed by atoms with Crippen LogP contribution in [0.2, 0.25) is 0 Å². The molecule has 0 fully saturated rings. The first-order valence-electron chi connectivity index (χ1n) is 9.86. The molecule has 0 radical (unpaired) electrons. The van der Waals surface area contributed by atoms with Crippen LogP contribution in [0.1, 0.15) is 16.3 Å². The lowest BCUT2D eigenvalue weighted by Gasteiger charge is -2.13. The smallest absolute Gasteiger partial charge is 0.273 e.